The number of hydrogen-bond acceptors (Lipinski definition) is 5. The van der Waals surface area contributed by atoms with Crippen LogP contribution in [0.25, 0.3) is 0 Å². The number of amides is 1. The van der Waals surface area contributed by atoms with Gasteiger partial charge in [0.25, 0.3) is 5.91 Å². The molecule has 7 nitrogen and oxygen atoms in total. The van der Waals surface area contributed by atoms with E-state index in [4.69, 9.17) is 4.74 Å². The third-order valence-electron chi connectivity index (χ3n) is 3.62. The zero-order chi connectivity index (χ0) is 16.2. The quantitative estimate of drug-likeness (QED) is 0.708. The maximum Gasteiger partial charge on any atom is 0.251 e. The first kappa shape index (κ1) is 19.7. The van der Waals surface area contributed by atoms with Gasteiger partial charge in [-0.2, -0.15) is 0 Å². The second-order valence-electron chi connectivity index (χ2n) is 5.09. The van der Waals surface area contributed by atoms with Crippen LogP contribution in [0.3, 0.4) is 0 Å². The fourth-order valence-electron chi connectivity index (χ4n) is 2.38. The summed E-state index contributed by atoms with van der Waals surface area (Å²) in [6.45, 7) is 1.68. The molecule has 23 heavy (non-hydrogen) atoms. The molecule has 1 aliphatic rings. The lowest BCUT2D eigenvalue weighted by atomic mass is 10.1. The Labute approximate surface area is 142 Å². The van der Waals surface area contributed by atoms with E-state index >= 15 is 0 Å². The summed E-state index contributed by atoms with van der Waals surface area (Å²) in [5.74, 6) is -0.0888. The normalized spacial score (nSPS) is 17.9. The summed E-state index contributed by atoms with van der Waals surface area (Å²) >= 11 is 0. The molecule has 1 aliphatic heterocycles. The van der Waals surface area contributed by atoms with Gasteiger partial charge in [0.1, 0.15) is 10.6 Å². The molecule has 0 saturated carbocycles. The highest BCUT2D eigenvalue weighted by Gasteiger charge is 2.21. The largest absolute Gasteiger partial charge is 0.495 e. The van der Waals surface area contributed by atoms with E-state index in [2.05, 4.69) is 15.4 Å². The van der Waals surface area contributed by atoms with Crippen LogP contribution < -0.4 is 20.1 Å². The Kier molecular flexibility index (Phi) is 7.27. The van der Waals surface area contributed by atoms with Crippen molar-refractivity contribution in [2.45, 2.75) is 23.8 Å². The molecule has 1 saturated heterocycles. The molecule has 1 fully saturated rings. The molecular formula is C14H22ClN3O4S. The number of sulfonamides is 1. The monoisotopic (exact) mass is 363 g/mol. The molecule has 130 valence electrons. The van der Waals surface area contributed by atoms with Crippen molar-refractivity contribution in [3.05, 3.63) is 23.8 Å². The molecule has 0 bridgehead atoms. The summed E-state index contributed by atoms with van der Waals surface area (Å²) in [6, 6.07) is 4.43. The second kappa shape index (κ2) is 8.49. The number of piperidine rings is 1. The van der Waals surface area contributed by atoms with Gasteiger partial charge in [0, 0.05) is 18.2 Å². The maximum atomic E-state index is 12.3. The van der Waals surface area contributed by atoms with E-state index in [0.717, 1.165) is 25.9 Å². The van der Waals surface area contributed by atoms with Crippen molar-refractivity contribution in [1.82, 2.24) is 15.4 Å². The van der Waals surface area contributed by atoms with Gasteiger partial charge >= 0.3 is 0 Å². The number of carbonyl (C=O) groups excluding carboxylic acids is 1. The van der Waals surface area contributed by atoms with Crippen LogP contribution in [0.5, 0.6) is 5.75 Å². The molecule has 0 aliphatic carbocycles. The first-order valence-electron chi connectivity index (χ1n) is 7.11. The molecule has 2 rings (SSSR count). The molecule has 1 aromatic rings. The summed E-state index contributed by atoms with van der Waals surface area (Å²) in [4.78, 5) is 12.2. The Morgan fingerprint density at radius 1 is 1.39 bits per heavy atom. The van der Waals surface area contributed by atoms with Crippen molar-refractivity contribution in [2.75, 3.05) is 27.2 Å². The fraction of sp³-hybridized carbons (Fsp3) is 0.500. The van der Waals surface area contributed by atoms with Crippen molar-refractivity contribution >= 4 is 28.3 Å². The Bertz CT molecular complexity index is 645. The summed E-state index contributed by atoms with van der Waals surface area (Å²) in [5.41, 5.74) is 0.292. The topological polar surface area (TPSA) is 96.5 Å². The summed E-state index contributed by atoms with van der Waals surface area (Å²) in [5, 5.41) is 6.13. The number of methoxy groups -OCH3 is 1. The summed E-state index contributed by atoms with van der Waals surface area (Å²) < 4.78 is 31.3. The number of hydrogen-bond donors (Lipinski definition) is 3. The van der Waals surface area contributed by atoms with Crippen LogP contribution in [-0.2, 0) is 10.0 Å². The van der Waals surface area contributed by atoms with Gasteiger partial charge in [0.05, 0.1) is 7.11 Å². The minimum absolute atomic E-state index is 0. The summed E-state index contributed by atoms with van der Waals surface area (Å²) in [6.07, 6.45) is 1.92. The van der Waals surface area contributed by atoms with Gasteiger partial charge in [-0.25, -0.2) is 13.1 Å². The highest BCUT2D eigenvalue weighted by molar-refractivity contribution is 7.89. The number of halogens is 1. The third kappa shape index (κ3) is 4.81. The van der Waals surface area contributed by atoms with Crippen molar-refractivity contribution in [1.29, 1.82) is 0 Å². The Morgan fingerprint density at radius 3 is 2.70 bits per heavy atom. The number of benzene rings is 1. The lowest BCUT2D eigenvalue weighted by Gasteiger charge is -2.24. The predicted molar refractivity (Wildman–Crippen MR) is 89.8 cm³/mol. The highest BCUT2D eigenvalue weighted by atomic mass is 35.5. The summed E-state index contributed by atoms with van der Waals surface area (Å²) in [7, 11) is -0.996. The van der Waals surface area contributed by atoms with E-state index in [1.54, 1.807) is 6.07 Å². The van der Waals surface area contributed by atoms with Gasteiger partial charge in [-0.15, -0.1) is 12.4 Å². The van der Waals surface area contributed by atoms with Crippen molar-refractivity contribution in [2.24, 2.45) is 0 Å². The molecule has 0 spiro atoms. The molecule has 3 N–H and O–H groups in total. The SMILES string of the molecule is CNS(=O)(=O)c1cc(C(=O)N[C@H]2CCCNC2)ccc1OC.Cl. The van der Waals surface area contributed by atoms with E-state index < -0.39 is 10.0 Å². The number of ether oxygens (including phenoxy) is 1. The lowest BCUT2D eigenvalue weighted by molar-refractivity contribution is 0.0930. The van der Waals surface area contributed by atoms with Gasteiger partial charge < -0.3 is 15.4 Å². The van der Waals surface area contributed by atoms with E-state index in [0.29, 0.717) is 5.56 Å². The number of rotatable bonds is 5. The molecule has 0 aromatic heterocycles. The van der Waals surface area contributed by atoms with Crippen LogP contribution in [0.4, 0.5) is 0 Å². The fourth-order valence-corrected chi connectivity index (χ4v) is 3.30. The first-order valence-corrected chi connectivity index (χ1v) is 8.59. The molecule has 9 heteroatoms. The van der Waals surface area contributed by atoms with Crippen molar-refractivity contribution in [3.8, 4) is 5.75 Å². The van der Waals surface area contributed by atoms with Crippen molar-refractivity contribution < 1.29 is 17.9 Å². The molecule has 0 radical (unpaired) electrons. The maximum absolute atomic E-state index is 12.3. The van der Waals surface area contributed by atoms with Gasteiger partial charge in [-0.3, -0.25) is 4.79 Å². The first-order chi connectivity index (χ1) is 10.5. The van der Waals surface area contributed by atoms with Gasteiger partial charge in [0.2, 0.25) is 10.0 Å². The van der Waals surface area contributed by atoms with Crippen LogP contribution in [0.1, 0.15) is 23.2 Å². The second-order valence-corrected chi connectivity index (χ2v) is 6.94. The van der Waals surface area contributed by atoms with Crippen LogP contribution in [0, 0.1) is 0 Å². The predicted octanol–water partition coefficient (Wildman–Crippen LogP) is 0.507. The number of nitrogens with one attached hydrogen (secondary N) is 3. The third-order valence-corrected chi connectivity index (χ3v) is 5.05. The standard InChI is InChI=1S/C14H21N3O4S.ClH/c1-15-22(19,20)13-8-10(5-6-12(13)21-2)14(18)17-11-4-3-7-16-9-11;/h5-6,8,11,15-16H,3-4,7,9H2,1-2H3,(H,17,18);1H/t11-;/m0./s1. The molecule has 1 amide bonds. The Morgan fingerprint density at radius 2 is 2.13 bits per heavy atom. The minimum atomic E-state index is -3.70. The van der Waals surface area contributed by atoms with Crippen LogP contribution in [0.2, 0.25) is 0 Å². The average molecular weight is 364 g/mol. The molecule has 1 heterocycles. The average Bonchev–Trinajstić information content (AvgIpc) is 2.55. The van der Waals surface area contributed by atoms with E-state index in [1.807, 2.05) is 0 Å². The molecule has 1 atom stereocenters. The highest BCUT2D eigenvalue weighted by Crippen LogP contribution is 2.24. The minimum Gasteiger partial charge on any atom is -0.495 e. The Balaban J connectivity index is 0.00000264. The van der Waals surface area contributed by atoms with Crippen LogP contribution >= 0.6 is 12.4 Å². The van der Waals surface area contributed by atoms with Crippen LogP contribution in [0.15, 0.2) is 23.1 Å². The van der Waals surface area contributed by atoms with Crippen molar-refractivity contribution in [3.63, 3.8) is 0 Å². The van der Waals surface area contributed by atoms with Gasteiger partial charge in [-0.05, 0) is 44.6 Å². The zero-order valence-corrected chi connectivity index (χ0v) is 14.7. The van der Waals surface area contributed by atoms with E-state index in [1.165, 1.54) is 26.3 Å². The smallest absolute Gasteiger partial charge is 0.251 e. The zero-order valence-electron chi connectivity index (χ0n) is 13.1. The molecule has 1 aromatic carbocycles. The Hall–Kier alpha value is -1.35. The molecular weight excluding hydrogens is 342 g/mol. The lowest BCUT2D eigenvalue weighted by Crippen LogP contribution is -2.45. The van der Waals surface area contributed by atoms with Gasteiger partial charge in [-0.1, -0.05) is 0 Å². The number of carbonyl (C=O) groups is 1. The van der Waals surface area contributed by atoms with Gasteiger partial charge in [0.15, 0.2) is 0 Å². The van der Waals surface area contributed by atoms with E-state index in [9.17, 15) is 13.2 Å². The molecule has 0 unspecified atom stereocenters. The van der Waals surface area contributed by atoms with Crippen LogP contribution in [-0.4, -0.2) is 47.6 Å². The van der Waals surface area contributed by atoms with E-state index in [-0.39, 0.29) is 35.0 Å².